The predicted molar refractivity (Wildman–Crippen MR) is 67.5 cm³/mol. The third-order valence-corrected chi connectivity index (χ3v) is 3.41. The standard InChI is InChI=1S/C13H23N3O/c1-4-14-7-12-6-13(17-15-12)9-16(3)8-11-5-10(11)2/h6,10-11,14H,4-5,7-9H2,1-3H3. The van der Waals surface area contributed by atoms with Crippen LogP contribution in [0.25, 0.3) is 0 Å². The van der Waals surface area contributed by atoms with Crippen molar-refractivity contribution >= 4 is 0 Å². The Labute approximate surface area is 103 Å². The summed E-state index contributed by atoms with van der Waals surface area (Å²) in [5.41, 5.74) is 0.995. The van der Waals surface area contributed by atoms with Crippen molar-refractivity contribution < 1.29 is 4.52 Å². The Hall–Kier alpha value is -0.870. The highest BCUT2D eigenvalue weighted by Crippen LogP contribution is 2.38. The van der Waals surface area contributed by atoms with Gasteiger partial charge in [0.2, 0.25) is 0 Å². The maximum absolute atomic E-state index is 5.33. The molecule has 1 aromatic rings. The van der Waals surface area contributed by atoms with Gasteiger partial charge >= 0.3 is 0 Å². The minimum Gasteiger partial charge on any atom is -0.360 e. The zero-order valence-electron chi connectivity index (χ0n) is 11.1. The number of hydrogen-bond donors (Lipinski definition) is 1. The minimum atomic E-state index is 0.795. The number of hydrogen-bond acceptors (Lipinski definition) is 4. The molecule has 1 fully saturated rings. The van der Waals surface area contributed by atoms with E-state index in [9.17, 15) is 0 Å². The van der Waals surface area contributed by atoms with Gasteiger partial charge in [0.25, 0.3) is 0 Å². The van der Waals surface area contributed by atoms with E-state index in [4.69, 9.17) is 4.52 Å². The van der Waals surface area contributed by atoms with E-state index in [1.54, 1.807) is 0 Å². The van der Waals surface area contributed by atoms with Gasteiger partial charge in [-0.15, -0.1) is 0 Å². The fourth-order valence-corrected chi connectivity index (χ4v) is 2.15. The quantitative estimate of drug-likeness (QED) is 0.786. The molecule has 4 nitrogen and oxygen atoms in total. The van der Waals surface area contributed by atoms with Gasteiger partial charge in [0.15, 0.2) is 5.76 Å². The Morgan fingerprint density at radius 1 is 1.59 bits per heavy atom. The van der Waals surface area contributed by atoms with Gasteiger partial charge in [-0.3, -0.25) is 4.90 Å². The molecule has 0 aromatic carbocycles. The van der Waals surface area contributed by atoms with Crippen LogP contribution in [0.15, 0.2) is 10.6 Å². The van der Waals surface area contributed by atoms with E-state index >= 15 is 0 Å². The molecule has 4 heteroatoms. The molecule has 1 N–H and O–H groups in total. The van der Waals surface area contributed by atoms with Crippen molar-refractivity contribution in [2.45, 2.75) is 33.4 Å². The Morgan fingerprint density at radius 3 is 3.00 bits per heavy atom. The fourth-order valence-electron chi connectivity index (χ4n) is 2.15. The first kappa shape index (κ1) is 12.6. The van der Waals surface area contributed by atoms with E-state index in [1.165, 1.54) is 13.0 Å². The van der Waals surface area contributed by atoms with E-state index in [2.05, 4.69) is 42.3 Å². The third kappa shape index (κ3) is 3.82. The Morgan fingerprint density at radius 2 is 2.35 bits per heavy atom. The molecular formula is C13H23N3O. The highest BCUT2D eigenvalue weighted by molar-refractivity contribution is 5.05. The smallest absolute Gasteiger partial charge is 0.151 e. The molecule has 1 aliphatic rings. The first-order chi connectivity index (χ1) is 8.19. The van der Waals surface area contributed by atoms with Crippen molar-refractivity contribution in [1.82, 2.24) is 15.4 Å². The first-order valence-electron chi connectivity index (χ1n) is 6.52. The molecule has 1 saturated carbocycles. The molecule has 0 saturated heterocycles. The Bertz CT molecular complexity index is 350. The molecule has 2 unspecified atom stereocenters. The molecule has 96 valence electrons. The normalized spacial score (nSPS) is 23.3. The molecule has 2 atom stereocenters. The van der Waals surface area contributed by atoms with Gasteiger partial charge in [0.1, 0.15) is 0 Å². The summed E-state index contributed by atoms with van der Waals surface area (Å²) < 4.78 is 5.33. The van der Waals surface area contributed by atoms with E-state index in [1.807, 2.05) is 0 Å². The van der Waals surface area contributed by atoms with E-state index < -0.39 is 0 Å². The second-order valence-corrected chi connectivity index (χ2v) is 5.23. The first-order valence-corrected chi connectivity index (χ1v) is 6.52. The van der Waals surface area contributed by atoms with Gasteiger partial charge < -0.3 is 9.84 Å². The fraction of sp³-hybridized carbons (Fsp3) is 0.769. The van der Waals surface area contributed by atoms with Crippen LogP contribution >= 0.6 is 0 Å². The van der Waals surface area contributed by atoms with Crippen LogP contribution in [0.4, 0.5) is 0 Å². The van der Waals surface area contributed by atoms with Crippen molar-refractivity contribution in [2.24, 2.45) is 11.8 Å². The van der Waals surface area contributed by atoms with Crippen molar-refractivity contribution in [1.29, 1.82) is 0 Å². The maximum Gasteiger partial charge on any atom is 0.151 e. The number of rotatable bonds is 7. The Balaban J connectivity index is 1.75. The number of nitrogens with zero attached hydrogens (tertiary/aromatic N) is 2. The molecule has 1 heterocycles. The molecule has 0 bridgehead atoms. The summed E-state index contributed by atoms with van der Waals surface area (Å²) in [4.78, 5) is 2.33. The average Bonchev–Trinajstić information content (AvgIpc) is 2.78. The molecule has 1 aromatic heterocycles. The minimum absolute atomic E-state index is 0.795. The molecule has 1 aliphatic carbocycles. The van der Waals surface area contributed by atoms with Crippen LogP contribution in [0, 0.1) is 11.8 Å². The van der Waals surface area contributed by atoms with Gasteiger partial charge in [-0.1, -0.05) is 19.0 Å². The summed E-state index contributed by atoms with van der Waals surface area (Å²) in [7, 11) is 2.15. The monoisotopic (exact) mass is 237 g/mol. The lowest BCUT2D eigenvalue weighted by Gasteiger charge is -2.13. The van der Waals surface area contributed by atoms with Gasteiger partial charge in [0, 0.05) is 19.2 Å². The molecule has 0 radical (unpaired) electrons. The third-order valence-electron chi connectivity index (χ3n) is 3.41. The van der Waals surface area contributed by atoms with Crippen LogP contribution < -0.4 is 5.32 Å². The largest absolute Gasteiger partial charge is 0.360 e. The zero-order valence-corrected chi connectivity index (χ0v) is 11.1. The molecule has 0 spiro atoms. The summed E-state index contributed by atoms with van der Waals surface area (Å²) in [5, 5.41) is 7.30. The number of aromatic nitrogens is 1. The lowest BCUT2D eigenvalue weighted by Crippen LogP contribution is -2.20. The molecule has 17 heavy (non-hydrogen) atoms. The SMILES string of the molecule is CCNCc1cc(CN(C)CC2CC2C)on1. The summed E-state index contributed by atoms with van der Waals surface area (Å²) in [6, 6.07) is 2.05. The van der Waals surface area contributed by atoms with Crippen LogP contribution in [-0.2, 0) is 13.1 Å². The van der Waals surface area contributed by atoms with Gasteiger partial charge in [-0.05, 0) is 31.8 Å². The van der Waals surface area contributed by atoms with E-state index in [0.29, 0.717) is 0 Å². The van der Waals surface area contributed by atoms with Crippen LogP contribution in [-0.4, -0.2) is 30.2 Å². The summed E-state index contributed by atoms with van der Waals surface area (Å²) in [5.74, 6) is 2.77. The topological polar surface area (TPSA) is 41.3 Å². The molecule has 0 aliphatic heterocycles. The summed E-state index contributed by atoms with van der Waals surface area (Å²) in [6.45, 7) is 8.20. The Kier molecular flexibility index (Phi) is 4.18. The second-order valence-electron chi connectivity index (χ2n) is 5.23. The predicted octanol–water partition coefficient (Wildman–Crippen LogP) is 1.87. The molecule has 2 rings (SSSR count). The lowest BCUT2D eigenvalue weighted by molar-refractivity contribution is 0.260. The van der Waals surface area contributed by atoms with Gasteiger partial charge in [-0.25, -0.2) is 0 Å². The highest BCUT2D eigenvalue weighted by Gasteiger charge is 2.33. The van der Waals surface area contributed by atoms with Crippen LogP contribution in [0.3, 0.4) is 0 Å². The lowest BCUT2D eigenvalue weighted by atomic mass is 10.3. The van der Waals surface area contributed by atoms with Crippen LogP contribution in [0.2, 0.25) is 0 Å². The van der Waals surface area contributed by atoms with Gasteiger partial charge in [0.05, 0.1) is 12.2 Å². The van der Waals surface area contributed by atoms with Crippen molar-refractivity contribution in [3.63, 3.8) is 0 Å². The van der Waals surface area contributed by atoms with Crippen molar-refractivity contribution in [3.05, 3.63) is 17.5 Å². The highest BCUT2D eigenvalue weighted by atomic mass is 16.5. The molecular weight excluding hydrogens is 214 g/mol. The van der Waals surface area contributed by atoms with E-state index in [0.717, 1.165) is 42.9 Å². The van der Waals surface area contributed by atoms with Crippen LogP contribution in [0.5, 0.6) is 0 Å². The van der Waals surface area contributed by atoms with Gasteiger partial charge in [-0.2, -0.15) is 0 Å². The van der Waals surface area contributed by atoms with E-state index in [-0.39, 0.29) is 0 Å². The van der Waals surface area contributed by atoms with Crippen molar-refractivity contribution in [3.8, 4) is 0 Å². The maximum atomic E-state index is 5.33. The van der Waals surface area contributed by atoms with Crippen molar-refractivity contribution in [2.75, 3.05) is 20.1 Å². The second kappa shape index (κ2) is 5.65. The molecule has 0 amide bonds. The van der Waals surface area contributed by atoms with Crippen LogP contribution in [0.1, 0.15) is 31.7 Å². The summed E-state index contributed by atoms with van der Waals surface area (Å²) >= 11 is 0. The zero-order chi connectivity index (χ0) is 12.3. The number of nitrogens with one attached hydrogen (secondary N) is 1. The summed E-state index contributed by atoms with van der Waals surface area (Å²) in [6.07, 6.45) is 1.38. The average molecular weight is 237 g/mol.